The Morgan fingerprint density at radius 3 is 2.50 bits per heavy atom. The standard InChI is InChI=1S/C28H30O6/c1-18-15-24(29)23(26(30)32-3)16-25(18)34-21-11-13-28(2,14-12-21)27(31)33-17-20-9-6-8-19-7-4-5-10-22(19)20/h4-10,15-16,21,29H,11-14,17H2,1-3H3/t21-,28+. The second kappa shape index (κ2) is 9.75. The van der Waals surface area contributed by atoms with E-state index < -0.39 is 11.4 Å². The van der Waals surface area contributed by atoms with E-state index in [9.17, 15) is 14.7 Å². The second-order valence-corrected chi connectivity index (χ2v) is 9.22. The summed E-state index contributed by atoms with van der Waals surface area (Å²) in [6.45, 7) is 4.02. The Labute approximate surface area is 199 Å². The van der Waals surface area contributed by atoms with Gasteiger partial charge in [0, 0.05) is 0 Å². The van der Waals surface area contributed by atoms with E-state index in [1.165, 1.54) is 19.2 Å². The van der Waals surface area contributed by atoms with Crippen LogP contribution in [-0.4, -0.2) is 30.3 Å². The highest BCUT2D eigenvalue weighted by Crippen LogP contribution is 2.39. The van der Waals surface area contributed by atoms with Crippen molar-refractivity contribution in [2.75, 3.05) is 7.11 Å². The second-order valence-electron chi connectivity index (χ2n) is 9.22. The van der Waals surface area contributed by atoms with Gasteiger partial charge in [0.2, 0.25) is 0 Å². The number of benzene rings is 3. The van der Waals surface area contributed by atoms with Gasteiger partial charge in [0.25, 0.3) is 0 Å². The van der Waals surface area contributed by atoms with Crippen LogP contribution in [-0.2, 0) is 20.9 Å². The number of esters is 2. The molecule has 6 heteroatoms. The Hall–Kier alpha value is -3.54. The highest BCUT2D eigenvalue weighted by Gasteiger charge is 2.39. The molecule has 0 saturated heterocycles. The fourth-order valence-corrected chi connectivity index (χ4v) is 4.54. The van der Waals surface area contributed by atoms with E-state index in [4.69, 9.17) is 14.2 Å². The van der Waals surface area contributed by atoms with Crippen molar-refractivity contribution in [1.82, 2.24) is 0 Å². The maximum Gasteiger partial charge on any atom is 0.341 e. The molecular formula is C28H30O6. The number of fused-ring (bicyclic) bond motifs is 1. The van der Waals surface area contributed by atoms with Gasteiger partial charge in [-0.1, -0.05) is 42.5 Å². The van der Waals surface area contributed by atoms with Crippen molar-refractivity contribution in [3.63, 3.8) is 0 Å². The number of carbonyl (C=O) groups is 2. The third kappa shape index (κ3) is 4.86. The first kappa shape index (κ1) is 23.6. The van der Waals surface area contributed by atoms with Crippen LogP contribution in [0.2, 0.25) is 0 Å². The van der Waals surface area contributed by atoms with Crippen LogP contribution in [0.15, 0.2) is 54.6 Å². The molecule has 1 saturated carbocycles. The van der Waals surface area contributed by atoms with Crippen molar-refractivity contribution >= 4 is 22.7 Å². The van der Waals surface area contributed by atoms with Crippen molar-refractivity contribution in [2.24, 2.45) is 5.41 Å². The quantitative estimate of drug-likeness (QED) is 0.473. The van der Waals surface area contributed by atoms with Crippen molar-refractivity contribution < 1.29 is 28.9 Å². The molecule has 0 radical (unpaired) electrons. The number of aryl methyl sites for hydroxylation is 1. The summed E-state index contributed by atoms with van der Waals surface area (Å²) in [5.74, 6) is -0.410. The molecule has 0 unspecified atom stereocenters. The summed E-state index contributed by atoms with van der Waals surface area (Å²) in [5.41, 5.74) is 1.23. The predicted octanol–water partition coefficient (Wildman–Crippen LogP) is 5.71. The fourth-order valence-electron chi connectivity index (χ4n) is 4.54. The molecule has 3 aromatic carbocycles. The van der Waals surface area contributed by atoms with Crippen LogP contribution in [0.5, 0.6) is 11.5 Å². The Bertz CT molecular complexity index is 1200. The molecule has 0 spiro atoms. The molecule has 4 rings (SSSR count). The third-order valence-electron chi connectivity index (χ3n) is 6.76. The lowest BCUT2D eigenvalue weighted by Crippen LogP contribution is -2.37. The number of aromatic hydroxyl groups is 1. The van der Waals surface area contributed by atoms with Crippen molar-refractivity contribution in [2.45, 2.75) is 52.2 Å². The van der Waals surface area contributed by atoms with Gasteiger partial charge in [-0.15, -0.1) is 0 Å². The van der Waals surface area contributed by atoms with E-state index >= 15 is 0 Å². The Morgan fingerprint density at radius 1 is 1.06 bits per heavy atom. The van der Waals surface area contributed by atoms with Crippen LogP contribution in [0.4, 0.5) is 0 Å². The van der Waals surface area contributed by atoms with Crippen LogP contribution < -0.4 is 4.74 Å². The lowest BCUT2D eigenvalue weighted by Gasteiger charge is -2.35. The molecule has 0 bridgehead atoms. The van der Waals surface area contributed by atoms with Gasteiger partial charge in [-0.3, -0.25) is 4.79 Å². The molecule has 1 aliphatic carbocycles. The minimum absolute atomic E-state index is 0.0701. The number of ether oxygens (including phenoxy) is 3. The molecule has 34 heavy (non-hydrogen) atoms. The van der Waals surface area contributed by atoms with Crippen molar-refractivity contribution in [3.8, 4) is 11.5 Å². The van der Waals surface area contributed by atoms with Gasteiger partial charge >= 0.3 is 11.9 Å². The van der Waals surface area contributed by atoms with Crippen LogP contribution in [0.3, 0.4) is 0 Å². The minimum atomic E-state index is -0.618. The molecule has 1 N–H and O–H groups in total. The number of carbonyl (C=O) groups excluding carboxylic acids is 2. The van der Waals surface area contributed by atoms with Gasteiger partial charge in [0.05, 0.1) is 18.6 Å². The topological polar surface area (TPSA) is 82.1 Å². The summed E-state index contributed by atoms with van der Waals surface area (Å²) in [7, 11) is 1.27. The van der Waals surface area contributed by atoms with Gasteiger partial charge in [-0.05, 0) is 73.6 Å². The SMILES string of the molecule is COC(=O)c1cc(O[C@H]2CC[C@@](C)(C(=O)OCc3cccc4ccccc34)CC2)c(C)cc1O. The van der Waals surface area contributed by atoms with E-state index in [0.29, 0.717) is 31.4 Å². The average molecular weight is 463 g/mol. The maximum absolute atomic E-state index is 13.0. The van der Waals surface area contributed by atoms with E-state index in [2.05, 4.69) is 0 Å². The van der Waals surface area contributed by atoms with Crippen molar-refractivity contribution in [3.05, 3.63) is 71.3 Å². The summed E-state index contributed by atoms with van der Waals surface area (Å²) in [6.07, 6.45) is 2.58. The fraction of sp³-hybridized carbons (Fsp3) is 0.357. The van der Waals surface area contributed by atoms with Gasteiger partial charge in [-0.25, -0.2) is 4.79 Å². The van der Waals surface area contributed by atoms with E-state index in [1.807, 2.05) is 56.3 Å². The first-order chi connectivity index (χ1) is 16.3. The zero-order valence-corrected chi connectivity index (χ0v) is 19.8. The molecule has 6 nitrogen and oxygen atoms in total. The lowest BCUT2D eigenvalue weighted by atomic mass is 9.74. The van der Waals surface area contributed by atoms with Gasteiger partial charge in [-0.2, -0.15) is 0 Å². The number of methoxy groups -OCH3 is 1. The number of hydrogen-bond donors (Lipinski definition) is 1. The first-order valence-corrected chi connectivity index (χ1v) is 11.5. The van der Waals surface area contributed by atoms with E-state index in [1.54, 1.807) is 0 Å². The van der Waals surface area contributed by atoms with Crippen LogP contribution in [0.25, 0.3) is 10.8 Å². The molecule has 3 aromatic rings. The minimum Gasteiger partial charge on any atom is -0.507 e. The van der Waals surface area contributed by atoms with Crippen molar-refractivity contribution in [1.29, 1.82) is 0 Å². The molecule has 0 heterocycles. The van der Waals surface area contributed by atoms with Crippen LogP contribution >= 0.6 is 0 Å². The Morgan fingerprint density at radius 2 is 1.76 bits per heavy atom. The zero-order valence-electron chi connectivity index (χ0n) is 19.8. The number of phenolic OH excluding ortho intramolecular Hbond substituents is 1. The molecule has 178 valence electrons. The summed E-state index contributed by atoms with van der Waals surface area (Å²) in [6, 6.07) is 17.1. The Balaban J connectivity index is 1.37. The van der Waals surface area contributed by atoms with Crippen LogP contribution in [0, 0.1) is 12.3 Å². The monoisotopic (exact) mass is 462 g/mol. The highest BCUT2D eigenvalue weighted by molar-refractivity contribution is 5.93. The summed E-state index contributed by atoms with van der Waals surface area (Å²) >= 11 is 0. The number of hydrogen-bond acceptors (Lipinski definition) is 6. The molecular weight excluding hydrogens is 432 g/mol. The largest absolute Gasteiger partial charge is 0.507 e. The number of rotatable bonds is 6. The zero-order chi connectivity index (χ0) is 24.3. The molecule has 1 aliphatic rings. The smallest absolute Gasteiger partial charge is 0.341 e. The first-order valence-electron chi connectivity index (χ1n) is 11.5. The number of phenols is 1. The van der Waals surface area contributed by atoms with Gasteiger partial charge in [0.15, 0.2) is 0 Å². The van der Waals surface area contributed by atoms with Crippen LogP contribution in [0.1, 0.15) is 54.1 Å². The highest BCUT2D eigenvalue weighted by atomic mass is 16.5. The summed E-state index contributed by atoms with van der Waals surface area (Å²) < 4.78 is 16.6. The molecule has 0 aliphatic heterocycles. The lowest BCUT2D eigenvalue weighted by molar-refractivity contribution is -0.159. The summed E-state index contributed by atoms with van der Waals surface area (Å²) in [4.78, 5) is 24.9. The molecule has 0 atom stereocenters. The molecule has 1 fully saturated rings. The van der Waals surface area contributed by atoms with Gasteiger partial charge < -0.3 is 19.3 Å². The molecule has 0 amide bonds. The van der Waals surface area contributed by atoms with Gasteiger partial charge in [0.1, 0.15) is 23.7 Å². The third-order valence-corrected chi connectivity index (χ3v) is 6.76. The van der Waals surface area contributed by atoms with E-state index in [0.717, 1.165) is 21.9 Å². The molecule has 0 aromatic heterocycles. The average Bonchev–Trinajstić information content (AvgIpc) is 2.85. The maximum atomic E-state index is 13.0. The normalized spacial score (nSPS) is 20.0. The van der Waals surface area contributed by atoms with E-state index in [-0.39, 0.29) is 30.0 Å². The Kier molecular flexibility index (Phi) is 6.77. The summed E-state index contributed by atoms with van der Waals surface area (Å²) in [5, 5.41) is 12.3. The predicted molar refractivity (Wildman–Crippen MR) is 129 cm³/mol.